The Hall–Kier alpha value is -0.670. The Kier molecular flexibility index (Phi) is 4.35. The van der Waals surface area contributed by atoms with E-state index in [0.29, 0.717) is 11.8 Å². The van der Waals surface area contributed by atoms with Crippen LogP contribution in [0.2, 0.25) is 0 Å². The fourth-order valence-electron chi connectivity index (χ4n) is 2.08. The number of halogens is 1. The van der Waals surface area contributed by atoms with Crippen LogP contribution in [-0.2, 0) is 12.4 Å². The minimum atomic E-state index is 0.473. The second-order valence-electron chi connectivity index (χ2n) is 4.32. The number of thioether (sulfide) groups is 1. The second-order valence-corrected chi connectivity index (χ2v) is 5.50. The molecule has 1 atom stereocenters. The highest BCUT2D eigenvalue weighted by molar-refractivity contribution is 7.98. The van der Waals surface area contributed by atoms with Crippen LogP contribution >= 0.6 is 23.4 Å². The third-order valence-electron chi connectivity index (χ3n) is 2.80. The summed E-state index contributed by atoms with van der Waals surface area (Å²) in [6.07, 6.45) is 2.14. The molecule has 0 aliphatic carbocycles. The van der Waals surface area contributed by atoms with Crippen molar-refractivity contribution in [1.29, 1.82) is 0 Å². The van der Waals surface area contributed by atoms with Gasteiger partial charge in [0.25, 0.3) is 0 Å². The predicted molar refractivity (Wildman–Crippen MR) is 76.8 cm³/mol. The summed E-state index contributed by atoms with van der Waals surface area (Å²) in [5, 5.41) is 0. The van der Waals surface area contributed by atoms with Gasteiger partial charge in [-0.25, -0.2) is 4.98 Å². The molecule has 2 rings (SSSR count). The lowest BCUT2D eigenvalue weighted by Gasteiger charge is -2.13. The number of imidazole rings is 1. The van der Waals surface area contributed by atoms with Crippen LogP contribution in [0.4, 0.5) is 0 Å². The first-order valence-electron chi connectivity index (χ1n) is 5.75. The Balaban J connectivity index is 2.36. The van der Waals surface area contributed by atoms with Crippen molar-refractivity contribution in [2.75, 3.05) is 12.0 Å². The maximum absolute atomic E-state index is 5.98. The number of hydrogen-bond donors (Lipinski definition) is 0. The summed E-state index contributed by atoms with van der Waals surface area (Å²) >= 11 is 7.86. The van der Waals surface area contributed by atoms with E-state index in [4.69, 9.17) is 11.6 Å². The number of alkyl halides is 1. The molecule has 0 aliphatic rings. The summed E-state index contributed by atoms with van der Waals surface area (Å²) in [5.74, 6) is 3.24. The van der Waals surface area contributed by atoms with Gasteiger partial charge in [-0.05, 0) is 30.1 Å². The Morgan fingerprint density at radius 1 is 1.41 bits per heavy atom. The van der Waals surface area contributed by atoms with Gasteiger partial charge in [-0.15, -0.1) is 11.6 Å². The van der Waals surface area contributed by atoms with Crippen molar-refractivity contribution in [3.63, 3.8) is 0 Å². The van der Waals surface area contributed by atoms with Crippen molar-refractivity contribution in [2.45, 2.75) is 19.3 Å². The molecule has 0 spiro atoms. The summed E-state index contributed by atoms with van der Waals surface area (Å²) in [5.41, 5.74) is 2.23. The van der Waals surface area contributed by atoms with Gasteiger partial charge in [0.2, 0.25) is 0 Å². The normalized spacial score (nSPS) is 13.1. The molecule has 0 amide bonds. The first kappa shape index (κ1) is 12.8. The molecule has 0 fully saturated rings. The zero-order valence-corrected chi connectivity index (χ0v) is 11.8. The monoisotopic (exact) mass is 268 g/mol. The Bertz CT molecular complexity index is 495. The average Bonchev–Trinajstić information content (AvgIpc) is 2.68. The van der Waals surface area contributed by atoms with Crippen LogP contribution in [0.3, 0.4) is 0 Å². The van der Waals surface area contributed by atoms with Gasteiger partial charge in [0, 0.05) is 6.54 Å². The number of nitrogens with zero attached hydrogens (tertiary/aromatic N) is 2. The maximum Gasteiger partial charge on any atom is 0.124 e. The van der Waals surface area contributed by atoms with Gasteiger partial charge < -0.3 is 4.57 Å². The van der Waals surface area contributed by atoms with Crippen LogP contribution < -0.4 is 0 Å². The molecular formula is C13H17ClN2S. The van der Waals surface area contributed by atoms with E-state index in [1.165, 1.54) is 5.52 Å². The maximum atomic E-state index is 5.98. The fourth-order valence-corrected chi connectivity index (χ4v) is 2.96. The number of benzene rings is 1. The number of fused-ring (bicyclic) bond motifs is 1. The van der Waals surface area contributed by atoms with Gasteiger partial charge in [-0.1, -0.05) is 19.1 Å². The van der Waals surface area contributed by atoms with Crippen molar-refractivity contribution < 1.29 is 0 Å². The minimum Gasteiger partial charge on any atom is -0.327 e. The zero-order chi connectivity index (χ0) is 12.3. The summed E-state index contributed by atoms with van der Waals surface area (Å²) in [4.78, 5) is 4.57. The van der Waals surface area contributed by atoms with Gasteiger partial charge in [0.15, 0.2) is 0 Å². The molecule has 0 saturated carbocycles. The molecule has 0 aliphatic heterocycles. The van der Waals surface area contributed by atoms with Crippen LogP contribution in [-0.4, -0.2) is 21.6 Å². The van der Waals surface area contributed by atoms with Gasteiger partial charge in [0.05, 0.1) is 16.9 Å². The Morgan fingerprint density at radius 3 is 2.88 bits per heavy atom. The van der Waals surface area contributed by atoms with Gasteiger partial charge in [0.1, 0.15) is 5.82 Å². The third kappa shape index (κ3) is 2.78. The van der Waals surface area contributed by atoms with E-state index >= 15 is 0 Å². The molecule has 2 aromatic rings. The summed E-state index contributed by atoms with van der Waals surface area (Å²) in [6, 6.07) is 8.23. The smallest absolute Gasteiger partial charge is 0.124 e. The van der Waals surface area contributed by atoms with Crippen molar-refractivity contribution in [3.05, 3.63) is 30.1 Å². The van der Waals surface area contributed by atoms with Crippen molar-refractivity contribution in [3.8, 4) is 0 Å². The number of aromatic nitrogens is 2. The topological polar surface area (TPSA) is 17.8 Å². The van der Waals surface area contributed by atoms with Crippen LogP contribution in [0.25, 0.3) is 11.0 Å². The molecule has 1 heterocycles. The van der Waals surface area contributed by atoms with Crippen LogP contribution in [0.5, 0.6) is 0 Å². The predicted octanol–water partition coefficient (Wildman–Crippen LogP) is 3.77. The molecule has 0 radical (unpaired) electrons. The van der Waals surface area contributed by atoms with E-state index < -0.39 is 0 Å². The molecule has 2 nitrogen and oxygen atoms in total. The van der Waals surface area contributed by atoms with E-state index in [2.05, 4.69) is 34.9 Å². The molecule has 0 N–H and O–H groups in total. The van der Waals surface area contributed by atoms with Crippen molar-refractivity contribution in [1.82, 2.24) is 9.55 Å². The number of rotatable bonds is 5. The summed E-state index contributed by atoms with van der Waals surface area (Å²) in [7, 11) is 0. The summed E-state index contributed by atoms with van der Waals surface area (Å²) < 4.78 is 2.25. The average molecular weight is 269 g/mol. The minimum absolute atomic E-state index is 0.473. The quantitative estimate of drug-likeness (QED) is 0.768. The van der Waals surface area contributed by atoms with Crippen LogP contribution in [0.1, 0.15) is 12.7 Å². The number of hydrogen-bond acceptors (Lipinski definition) is 2. The largest absolute Gasteiger partial charge is 0.327 e. The first-order chi connectivity index (χ1) is 8.26. The molecular weight excluding hydrogens is 252 g/mol. The number of para-hydroxylation sites is 2. The Morgan fingerprint density at radius 2 is 2.18 bits per heavy atom. The van der Waals surface area contributed by atoms with Gasteiger partial charge in [-0.3, -0.25) is 0 Å². The van der Waals surface area contributed by atoms with E-state index in [1.807, 2.05) is 23.9 Å². The van der Waals surface area contributed by atoms with Crippen LogP contribution in [0.15, 0.2) is 24.3 Å². The highest BCUT2D eigenvalue weighted by atomic mass is 35.5. The highest BCUT2D eigenvalue weighted by Gasteiger charge is 2.11. The first-order valence-corrected chi connectivity index (χ1v) is 7.68. The zero-order valence-electron chi connectivity index (χ0n) is 10.2. The molecule has 4 heteroatoms. The lowest BCUT2D eigenvalue weighted by atomic mass is 10.2. The van der Waals surface area contributed by atoms with E-state index in [0.717, 1.165) is 23.6 Å². The molecule has 0 saturated heterocycles. The standard InChI is InChI=1S/C13H17ClN2S/c1-10(9-17-2)8-16-12-6-4-3-5-11(12)15-13(16)7-14/h3-6,10H,7-9H2,1-2H3. The van der Waals surface area contributed by atoms with E-state index in [1.54, 1.807) is 0 Å². The second kappa shape index (κ2) is 5.78. The van der Waals surface area contributed by atoms with Crippen LogP contribution in [0, 0.1) is 5.92 Å². The molecule has 1 unspecified atom stereocenters. The molecule has 92 valence electrons. The molecule has 17 heavy (non-hydrogen) atoms. The van der Waals surface area contributed by atoms with E-state index in [-0.39, 0.29) is 0 Å². The lowest BCUT2D eigenvalue weighted by Crippen LogP contribution is -2.11. The molecule has 1 aromatic heterocycles. The Labute approximate surface area is 111 Å². The molecule has 1 aromatic carbocycles. The van der Waals surface area contributed by atoms with Crippen molar-refractivity contribution in [2.24, 2.45) is 5.92 Å². The molecule has 0 bridgehead atoms. The highest BCUT2D eigenvalue weighted by Crippen LogP contribution is 2.19. The van der Waals surface area contributed by atoms with Gasteiger partial charge >= 0.3 is 0 Å². The lowest BCUT2D eigenvalue weighted by molar-refractivity contribution is 0.530. The fraction of sp³-hybridized carbons (Fsp3) is 0.462. The SMILES string of the molecule is CSCC(C)Cn1c(CCl)nc2ccccc21. The third-order valence-corrected chi connectivity index (χ3v) is 3.94. The van der Waals surface area contributed by atoms with Gasteiger partial charge in [-0.2, -0.15) is 11.8 Å². The summed E-state index contributed by atoms with van der Waals surface area (Å²) in [6.45, 7) is 3.26. The van der Waals surface area contributed by atoms with E-state index in [9.17, 15) is 0 Å². The van der Waals surface area contributed by atoms with Crippen molar-refractivity contribution >= 4 is 34.4 Å².